The molecule has 0 saturated heterocycles. The number of rotatable bonds is 1. The number of hydrogen-bond donors (Lipinski definition) is 2. The minimum atomic E-state index is -0.149. The van der Waals surface area contributed by atoms with E-state index in [2.05, 4.69) is 47.6 Å². The van der Waals surface area contributed by atoms with E-state index in [4.69, 9.17) is 0 Å². The summed E-state index contributed by atoms with van der Waals surface area (Å²) in [5.41, 5.74) is 2.85. The van der Waals surface area contributed by atoms with Gasteiger partial charge in [0.25, 0.3) is 0 Å². The number of hydrogen-bond acceptors (Lipinski definition) is 2. The quantitative estimate of drug-likeness (QED) is 0.453. The van der Waals surface area contributed by atoms with Crippen LogP contribution < -0.4 is 0 Å². The minimum absolute atomic E-state index is 0.0244. The van der Waals surface area contributed by atoms with E-state index in [-0.39, 0.29) is 22.3 Å². The van der Waals surface area contributed by atoms with Gasteiger partial charge in [0.2, 0.25) is 0 Å². The van der Waals surface area contributed by atoms with Crippen LogP contribution in [0.5, 0.6) is 0 Å². The number of aliphatic hydroxyl groups excluding tert-OH is 2. The average Bonchev–Trinajstić information content (AvgIpc) is 2.72. The summed E-state index contributed by atoms with van der Waals surface area (Å²) in [6, 6.07) is 0. The molecule has 5 aliphatic carbocycles. The molecule has 0 radical (unpaired) electrons. The standard InChI is InChI=1S/C29H48O2/c1-19-9-14-29(18-30)16-15-27(5)20(21(29)17-19)7-8-23-26(4)12-11-24(31)25(2,3)22(26)10-13-28(23,27)6/h7,19,21-24,30-31H,8-18H2,1-6H3/t19-,21-,22?,23?,24-,26-,27-,28+,29+/m0/s1. The Hall–Kier alpha value is -0.340. The molecule has 0 aromatic carbocycles. The van der Waals surface area contributed by atoms with Crippen LogP contribution in [0.15, 0.2) is 11.6 Å². The lowest BCUT2D eigenvalue weighted by Crippen LogP contribution is -2.64. The van der Waals surface area contributed by atoms with E-state index >= 15 is 0 Å². The van der Waals surface area contributed by atoms with Gasteiger partial charge in [0.1, 0.15) is 0 Å². The largest absolute Gasteiger partial charge is 0.396 e. The zero-order chi connectivity index (χ0) is 22.4. The zero-order valence-electron chi connectivity index (χ0n) is 21.1. The number of aliphatic hydroxyl groups is 2. The van der Waals surface area contributed by atoms with Gasteiger partial charge in [0.05, 0.1) is 6.10 Å². The van der Waals surface area contributed by atoms with Crippen molar-refractivity contribution in [2.75, 3.05) is 6.61 Å². The molecule has 31 heavy (non-hydrogen) atoms. The Kier molecular flexibility index (Phi) is 4.96. The van der Waals surface area contributed by atoms with Gasteiger partial charge in [-0.2, -0.15) is 0 Å². The fourth-order valence-electron chi connectivity index (χ4n) is 10.5. The third-order valence-corrected chi connectivity index (χ3v) is 12.8. The Balaban J connectivity index is 1.57. The van der Waals surface area contributed by atoms with Crippen LogP contribution in [0.3, 0.4) is 0 Å². The van der Waals surface area contributed by atoms with Crippen LogP contribution in [-0.2, 0) is 0 Å². The van der Waals surface area contributed by atoms with E-state index in [9.17, 15) is 10.2 Å². The fourth-order valence-corrected chi connectivity index (χ4v) is 10.5. The number of fused-ring (bicyclic) bond motifs is 7. The summed E-state index contributed by atoms with van der Waals surface area (Å²) in [5, 5.41) is 21.4. The summed E-state index contributed by atoms with van der Waals surface area (Å²) in [6.45, 7) is 15.4. The Labute approximate surface area is 191 Å². The molecule has 0 aromatic heterocycles. The zero-order valence-corrected chi connectivity index (χ0v) is 21.1. The molecule has 4 fully saturated rings. The van der Waals surface area contributed by atoms with Crippen molar-refractivity contribution in [1.29, 1.82) is 0 Å². The van der Waals surface area contributed by atoms with Gasteiger partial charge in [0.15, 0.2) is 0 Å². The first kappa shape index (κ1) is 22.5. The molecule has 2 heteroatoms. The van der Waals surface area contributed by atoms with Crippen LogP contribution in [0.25, 0.3) is 0 Å². The first-order valence-corrected chi connectivity index (χ1v) is 13.4. The van der Waals surface area contributed by atoms with Gasteiger partial charge in [-0.25, -0.2) is 0 Å². The third kappa shape index (κ3) is 2.70. The second-order valence-electron chi connectivity index (χ2n) is 14.1. The molecule has 0 spiro atoms. The first-order chi connectivity index (χ1) is 14.4. The topological polar surface area (TPSA) is 40.5 Å². The molecule has 0 heterocycles. The van der Waals surface area contributed by atoms with Crippen LogP contribution in [0.4, 0.5) is 0 Å². The molecule has 9 atom stereocenters. The SMILES string of the molecule is C[C@H]1CC[C@]2(CO)CC[C@@]3(C)C(=CCC4[C@@]5(C)CC[C@H](O)C(C)(C)C5CC[C@]43C)[C@@H]2C1. The Morgan fingerprint density at radius 2 is 1.65 bits per heavy atom. The van der Waals surface area contributed by atoms with Crippen LogP contribution in [0.1, 0.15) is 106 Å². The molecule has 4 saturated carbocycles. The predicted octanol–water partition coefficient (Wildman–Crippen LogP) is 6.75. The molecule has 0 bridgehead atoms. The highest BCUT2D eigenvalue weighted by atomic mass is 16.3. The molecule has 5 rings (SSSR count). The normalized spacial score (nSPS) is 55.9. The van der Waals surface area contributed by atoms with Gasteiger partial charge in [-0.15, -0.1) is 0 Å². The van der Waals surface area contributed by atoms with Crippen molar-refractivity contribution < 1.29 is 10.2 Å². The van der Waals surface area contributed by atoms with Crippen molar-refractivity contribution in [2.45, 2.75) is 112 Å². The molecule has 2 N–H and O–H groups in total. The van der Waals surface area contributed by atoms with Crippen molar-refractivity contribution in [3.8, 4) is 0 Å². The van der Waals surface area contributed by atoms with E-state index in [1.807, 2.05) is 0 Å². The van der Waals surface area contributed by atoms with Gasteiger partial charge in [-0.1, -0.05) is 59.6 Å². The van der Waals surface area contributed by atoms with Crippen LogP contribution in [0.2, 0.25) is 0 Å². The van der Waals surface area contributed by atoms with E-state index in [0.717, 1.165) is 12.3 Å². The van der Waals surface area contributed by atoms with Crippen molar-refractivity contribution in [2.24, 2.45) is 50.7 Å². The summed E-state index contributed by atoms with van der Waals surface area (Å²) in [5.74, 6) is 2.71. The highest BCUT2D eigenvalue weighted by molar-refractivity contribution is 5.33. The highest BCUT2D eigenvalue weighted by Gasteiger charge is 2.67. The van der Waals surface area contributed by atoms with E-state index in [1.54, 1.807) is 5.57 Å². The summed E-state index contributed by atoms with van der Waals surface area (Å²) >= 11 is 0. The summed E-state index contributed by atoms with van der Waals surface area (Å²) in [6.07, 6.45) is 14.7. The summed E-state index contributed by atoms with van der Waals surface area (Å²) in [7, 11) is 0. The maximum Gasteiger partial charge on any atom is 0.0594 e. The van der Waals surface area contributed by atoms with Gasteiger partial charge in [-0.05, 0) is 103 Å². The molecule has 2 nitrogen and oxygen atoms in total. The van der Waals surface area contributed by atoms with Crippen LogP contribution >= 0.6 is 0 Å². The van der Waals surface area contributed by atoms with Crippen molar-refractivity contribution in [1.82, 2.24) is 0 Å². The van der Waals surface area contributed by atoms with E-state index < -0.39 is 0 Å². The lowest BCUT2D eigenvalue weighted by molar-refractivity contribution is -0.203. The molecule has 176 valence electrons. The molecule has 5 aliphatic rings. The maximum absolute atomic E-state index is 10.9. The molecular weight excluding hydrogens is 380 g/mol. The highest BCUT2D eigenvalue weighted by Crippen LogP contribution is 2.75. The van der Waals surface area contributed by atoms with Crippen molar-refractivity contribution >= 4 is 0 Å². The van der Waals surface area contributed by atoms with Crippen LogP contribution in [-0.4, -0.2) is 22.9 Å². The second kappa shape index (κ2) is 6.84. The maximum atomic E-state index is 10.9. The smallest absolute Gasteiger partial charge is 0.0594 e. The van der Waals surface area contributed by atoms with Crippen molar-refractivity contribution in [3.05, 3.63) is 11.6 Å². The monoisotopic (exact) mass is 428 g/mol. The lowest BCUT2D eigenvalue weighted by Gasteiger charge is -2.71. The molecule has 0 amide bonds. The van der Waals surface area contributed by atoms with E-state index in [0.29, 0.717) is 35.2 Å². The molecular formula is C29H48O2. The minimum Gasteiger partial charge on any atom is -0.396 e. The fraction of sp³-hybridized carbons (Fsp3) is 0.931. The molecule has 2 unspecified atom stereocenters. The Morgan fingerprint density at radius 3 is 2.35 bits per heavy atom. The molecule has 0 aliphatic heterocycles. The first-order valence-electron chi connectivity index (χ1n) is 13.4. The predicted molar refractivity (Wildman–Crippen MR) is 128 cm³/mol. The van der Waals surface area contributed by atoms with E-state index in [1.165, 1.54) is 57.8 Å². The third-order valence-electron chi connectivity index (χ3n) is 12.8. The average molecular weight is 429 g/mol. The van der Waals surface area contributed by atoms with Crippen LogP contribution in [0, 0.1) is 50.7 Å². The lowest BCUT2D eigenvalue weighted by atomic mass is 9.34. The van der Waals surface area contributed by atoms with Gasteiger partial charge < -0.3 is 10.2 Å². The summed E-state index contributed by atoms with van der Waals surface area (Å²) < 4.78 is 0. The molecule has 0 aromatic rings. The Bertz CT molecular complexity index is 769. The second-order valence-corrected chi connectivity index (χ2v) is 14.1. The van der Waals surface area contributed by atoms with Crippen molar-refractivity contribution in [3.63, 3.8) is 0 Å². The van der Waals surface area contributed by atoms with Gasteiger partial charge in [-0.3, -0.25) is 0 Å². The summed E-state index contributed by atoms with van der Waals surface area (Å²) in [4.78, 5) is 0. The van der Waals surface area contributed by atoms with Gasteiger partial charge in [0, 0.05) is 12.0 Å². The Morgan fingerprint density at radius 1 is 0.903 bits per heavy atom. The van der Waals surface area contributed by atoms with Gasteiger partial charge >= 0.3 is 0 Å². The number of allylic oxidation sites excluding steroid dienone is 2.